The molecule has 0 amide bonds. The second-order valence-electron chi connectivity index (χ2n) is 3.88. The van der Waals surface area contributed by atoms with E-state index in [1.54, 1.807) is 6.33 Å². The quantitative estimate of drug-likeness (QED) is 0.834. The fraction of sp³-hybridized carbons (Fsp3) is 0.600. The zero-order valence-corrected chi connectivity index (χ0v) is 10.7. The van der Waals surface area contributed by atoms with E-state index in [0.29, 0.717) is 5.92 Å². The van der Waals surface area contributed by atoms with Crippen LogP contribution in [0.3, 0.4) is 0 Å². The van der Waals surface area contributed by atoms with Crippen LogP contribution in [0, 0.1) is 9.49 Å². The predicted molar refractivity (Wildman–Crippen MR) is 68.7 cm³/mol. The van der Waals surface area contributed by atoms with Gasteiger partial charge in [0.05, 0.1) is 3.57 Å². The number of hydrogen-bond donors (Lipinski definition) is 1. The summed E-state index contributed by atoms with van der Waals surface area (Å²) < 4.78 is 1.12. The molecule has 1 atom stereocenters. The number of nitrogens with two attached hydrogens (primary N) is 1. The molecular weight excluding hydrogens is 303 g/mol. The third kappa shape index (κ3) is 2.57. The van der Waals surface area contributed by atoms with Gasteiger partial charge in [0.25, 0.3) is 0 Å². The monoisotopic (exact) mass is 318 g/mol. The Morgan fingerprint density at radius 3 is 3.20 bits per heavy atom. The second kappa shape index (κ2) is 5.07. The minimum atomic E-state index is 0.615. The fourth-order valence-corrected chi connectivity index (χ4v) is 2.63. The lowest BCUT2D eigenvalue weighted by Gasteiger charge is -2.33. The molecule has 1 unspecified atom stereocenters. The highest BCUT2D eigenvalue weighted by molar-refractivity contribution is 14.1. The van der Waals surface area contributed by atoms with E-state index in [1.165, 1.54) is 12.8 Å². The van der Waals surface area contributed by atoms with Crippen LogP contribution in [0.25, 0.3) is 0 Å². The van der Waals surface area contributed by atoms with Crippen molar-refractivity contribution in [3.8, 4) is 0 Å². The van der Waals surface area contributed by atoms with Crippen molar-refractivity contribution in [1.29, 1.82) is 0 Å². The van der Waals surface area contributed by atoms with Crippen molar-refractivity contribution < 1.29 is 0 Å². The maximum atomic E-state index is 5.72. The lowest BCUT2D eigenvalue weighted by Crippen LogP contribution is -2.39. The summed E-state index contributed by atoms with van der Waals surface area (Å²) >= 11 is 2.28. The van der Waals surface area contributed by atoms with Gasteiger partial charge in [0.15, 0.2) is 0 Å². The smallest absolute Gasteiger partial charge is 0.145 e. The summed E-state index contributed by atoms with van der Waals surface area (Å²) in [5.41, 5.74) is 5.72. The molecule has 2 N–H and O–H groups in total. The zero-order valence-electron chi connectivity index (χ0n) is 8.56. The first-order chi connectivity index (χ1) is 7.31. The standard InChI is InChI=1S/C10H15IN4/c11-9-5-13-7-14-10(9)15-3-1-2-8(4-12)6-15/h5,7-8H,1-4,6,12H2. The average molecular weight is 318 g/mol. The van der Waals surface area contributed by atoms with E-state index < -0.39 is 0 Å². The first-order valence-electron chi connectivity index (χ1n) is 5.21. The van der Waals surface area contributed by atoms with Crippen LogP contribution in [-0.2, 0) is 0 Å². The van der Waals surface area contributed by atoms with Crippen LogP contribution in [0.15, 0.2) is 12.5 Å². The molecule has 0 radical (unpaired) electrons. The molecule has 2 heterocycles. The van der Waals surface area contributed by atoms with Gasteiger partial charge in [-0.05, 0) is 47.9 Å². The van der Waals surface area contributed by atoms with E-state index in [1.807, 2.05) is 6.20 Å². The Morgan fingerprint density at radius 2 is 2.47 bits per heavy atom. The van der Waals surface area contributed by atoms with E-state index in [-0.39, 0.29) is 0 Å². The lowest BCUT2D eigenvalue weighted by molar-refractivity contribution is 0.421. The minimum Gasteiger partial charge on any atom is -0.355 e. The third-order valence-electron chi connectivity index (χ3n) is 2.80. The molecule has 1 saturated heterocycles. The van der Waals surface area contributed by atoms with Crippen molar-refractivity contribution in [3.63, 3.8) is 0 Å². The summed E-state index contributed by atoms with van der Waals surface area (Å²) in [5.74, 6) is 1.67. The van der Waals surface area contributed by atoms with Crippen molar-refractivity contribution in [3.05, 3.63) is 16.1 Å². The van der Waals surface area contributed by atoms with E-state index in [0.717, 1.165) is 29.0 Å². The van der Waals surface area contributed by atoms with Gasteiger partial charge < -0.3 is 10.6 Å². The Hall–Kier alpha value is -0.430. The molecule has 1 aliphatic rings. The molecule has 1 aromatic heterocycles. The first kappa shape index (κ1) is 11.1. The van der Waals surface area contributed by atoms with Gasteiger partial charge in [-0.15, -0.1) is 0 Å². The molecule has 2 rings (SSSR count). The Kier molecular flexibility index (Phi) is 3.74. The third-order valence-corrected chi connectivity index (χ3v) is 3.56. The molecule has 82 valence electrons. The van der Waals surface area contributed by atoms with Crippen molar-refractivity contribution in [2.75, 3.05) is 24.5 Å². The summed E-state index contributed by atoms with van der Waals surface area (Å²) in [7, 11) is 0. The zero-order chi connectivity index (χ0) is 10.7. The van der Waals surface area contributed by atoms with Crippen LogP contribution < -0.4 is 10.6 Å². The molecule has 0 aromatic carbocycles. The number of hydrogen-bond acceptors (Lipinski definition) is 4. The van der Waals surface area contributed by atoms with Gasteiger partial charge in [0.1, 0.15) is 12.1 Å². The van der Waals surface area contributed by atoms with E-state index in [4.69, 9.17) is 5.73 Å². The van der Waals surface area contributed by atoms with Crippen LogP contribution in [-0.4, -0.2) is 29.6 Å². The van der Waals surface area contributed by atoms with Crippen molar-refractivity contribution in [1.82, 2.24) is 9.97 Å². The number of piperidine rings is 1. The molecule has 0 bridgehead atoms. The number of aromatic nitrogens is 2. The maximum absolute atomic E-state index is 5.72. The number of nitrogens with zero attached hydrogens (tertiary/aromatic N) is 3. The number of halogens is 1. The summed E-state index contributed by atoms with van der Waals surface area (Å²) in [4.78, 5) is 10.7. The van der Waals surface area contributed by atoms with E-state index in [2.05, 4.69) is 37.5 Å². The SMILES string of the molecule is NCC1CCCN(c2ncncc2I)C1. The Bertz CT molecular complexity index is 331. The van der Waals surface area contributed by atoms with Gasteiger partial charge in [0, 0.05) is 19.3 Å². The summed E-state index contributed by atoms with van der Waals surface area (Å²) in [5, 5.41) is 0. The average Bonchev–Trinajstić information content (AvgIpc) is 2.30. The molecule has 15 heavy (non-hydrogen) atoms. The molecule has 0 aliphatic carbocycles. The predicted octanol–water partition coefficient (Wildman–Crippen LogP) is 1.26. The lowest BCUT2D eigenvalue weighted by atomic mass is 9.98. The normalized spacial score (nSPS) is 21.7. The van der Waals surface area contributed by atoms with Gasteiger partial charge in [-0.2, -0.15) is 0 Å². The molecule has 1 aromatic rings. The van der Waals surface area contributed by atoms with Crippen LogP contribution in [0.4, 0.5) is 5.82 Å². The first-order valence-corrected chi connectivity index (χ1v) is 6.29. The Balaban J connectivity index is 2.13. The van der Waals surface area contributed by atoms with Crippen molar-refractivity contribution in [2.24, 2.45) is 11.7 Å². The van der Waals surface area contributed by atoms with Crippen molar-refractivity contribution >= 4 is 28.4 Å². The molecule has 0 saturated carbocycles. The minimum absolute atomic E-state index is 0.615. The van der Waals surface area contributed by atoms with Crippen LogP contribution >= 0.6 is 22.6 Å². The summed E-state index contributed by atoms with van der Waals surface area (Å²) in [6.45, 7) is 2.89. The van der Waals surface area contributed by atoms with Gasteiger partial charge in [0.2, 0.25) is 0 Å². The topological polar surface area (TPSA) is 55.0 Å². The Labute approximate surface area is 103 Å². The van der Waals surface area contributed by atoms with E-state index in [9.17, 15) is 0 Å². The van der Waals surface area contributed by atoms with Gasteiger partial charge in [-0.25, -0.2) is 9.97 Å². The second-order valence-corrected chi connectivity index (χ2v) is 5.05. The largest absolute Gasteiger partial charge is 0.355 e. The molecular formula is C10H15IN4. The van der Waals surface area contributed by atoms with E-state index >= 15 is 0 Å². The van der Waals surface area contributed by atoms with Crippen LogP contribution in [0.1, 0.15) is 12.8 Å². The Morgan fingerprint density at radius 1 is 1.60 bits per heavy atom. The molecule has 4 nitrogen and oxygen atoms in total. The molecule has 1 fully saturated rings. The number of anilines is 1. The fourth-order valence-electron chi connectivity index (χ4n) is 1.99. The van der Waals surface area contributed by atoms with Crippen LogP contribution in [0.5, 0.6) is 0 Å². The highest BCUT2D eigenvalue weighted by atomic mass is 127. The highest BCUT2D eigenvalue weighted by Gasteiger charge is 2.21. The van der Waals surface area contributed by atoms with Crippen molar-refractivity contribution in [2.45, 2.75) is 12.8 Å². The highest BCUT2D eigenvalue weighted by Crippen LogP contribution is 2.24. The molecule has 1 aliphatic heterocycles. The maximum Gasteiger partial charge on any atom is 0.145 e. The van der Waals surface area contributed by atoms with Gasteiger partial charge >= 0.3 is 0 Å². The number of rotatable bonds is 2. The molecule has 5 heteroatoms. The molecule has 0 spiro atoms. The summed E-state index contributed by atoms with van der Waals surface area (Å²) in [6.07, 6.45) is 5.93. The van der Waals surface area contributed by atoms with Crippen LogP contribution in [0.2, 0.25) is 0 Å². The summed E-state index contributed by atoms with van der Waals surface area (Å²) in [6, 6.07) is 0. The van der Waals surface area contributed by atoms with Gasteiger partial charge in [-0.1, -0.05) is 0 Å². The van der Waals surface area contributed by atoms with Gasteiger partial charge in [-0.3, -0.25) is 0 Å².